The summed E-state index contributed by atoms with van der Waals surface area (Å²) in [5, 5.41) is 10.3. The van der Waals surface area contributed by atoms with Crippen LogP contribution in [0.2, 0.25) is 0 Å². The minimum Gasteiger partial charge on any atom is -0.381 e. The van der Waals surface area contributed by atoms with Crippen LogP contribution in [-0.4, -0.2) is 23.9 Å². The molecule has 0 aliphatic heterocycles. The molecule has 0 aliphatic rings. The second-order valence-corrected chi connectivity index (χ2v) is 7.72. The third kappa shape index (κ3) is 2.66. The molecule has 0 saturated carbocycles. The molecule has 2 rings (SSSR count). The first kappa shape index (κ1) is 13.3. The summed E-state index contributed by atoms with van der Waals surface area (Å²) in [4.78, 5) is 4.26. The minimum absolute atomic E-state index is 0.151. The van der Waals surface area contributed by atoms with Gasteiger partial charge in [-0.2, -0.15) is 0 Å². The molecule has 0 aliphatic carbocycles. The molecule has 1 aromatic carbocycles. The molecule has 6 heteroatoms. The molecule has 2 aromatic rings. The number of rotatable bonds is 4. The van der Waals surface area contributed by atoms with E-state index >= 15 is 0 Å². The highest BCUT2D eigenvalue weighted by Gasteiger charge is 2.22. The van der Waals surface area contributed by atoms with Gasteiger partial charge in [0.2, 0.25) is 8.87 Å². The zero-order valence-electron chi connectivity index (χ0n) is 9.78. The van der Waals surface area contributed by atoms with Crippen molar-refractivity contribution in [1.82, 2.24) is 4.98 Å². The Morgan fingerprint density at radius 3 is 2.78 bits per heavy atom. The highest BCUT2D eigenvalue weighted by molar-refractivity contribution is 8.72. The molecule has 0 spiro atoms. The number of benzene rings is 1. The minimum atomic E-state index is -3.59. The van der Waals surface area contributed by atoms with E-state index in [1.54, 1.807) is 25.3 Å². The molecule has 0 amide bonds. The van der Waals surface area contributed by atoms with Crippen molar-refractivity contribution in [2.75, 3.05) is 0 Å². The monoisotopic (exact) mass is 283 g/mol. The van der Waals surface area contributed by atoms with Crippen LogP contribution in [0.15, 0.2) is 41.4 Å². The van der Waals surface area contributed by atoms with Crippen LogP contribution in [0.1, 0.15) is 13.3 Å². The molecule has 0 bridgehead atoms. The number of fused-ring (bicyclic) bond motifs is 1. The van der Waals surface area contributed by atoms with Crippen LogP contribution >= 0.6 is 10.8 Å². The second kappa shape index (κ2) is 5.26. The molecule has 1 N–H and O–H groups in total. The smallest absolute Gasteiger partial charge is 0.234 e. The molecular formula is C12H13NO3S2. The van der Waals surface area contributed by atoms with Crippen LogP contribution in [0.4, 0.5) is 0 Å². The van der Waals surface area contributed by atoms with Crippen molar-refractivity contribution in [1.29, 1.82) is 0 Å². The molecule has 4 nitrogen and oxygen atoms in total. The Labute approximate surface area is 109 Å². The number of hydrogen-bond donors (Lipinski definition) is 1. The van der Waals surface area contributed by atoms with Crippen molar-refractivity contribution < 1.29 is 13.5 Å². The van der Waals surface area contributed by atoms with Crippen LogP contribution in [0.3, 0.4) is 0 Å². The van der Waals surface area contributed by atoms with E-state index in [0.717, 1.165) is 5.39 Å². The zero-order valence-corrected chi connectivity index (χ0v) is 11.4. The topological polar surface area (TPSA) is 67.3 Å². The number of aliphatic hydroxyl groups excluding tert-OH is 1. The maximum Gasteiger partial charge on any atom is 0.234 e. The third-order valence-corrected chi connectivity index (χ3v) is 6.09. The number of aromatic nitrogens is 1. The Morgan fingerprint density at radius 1 is 1.33 bits per heavy atom. The highest BCUT2D eigenvalue weighted by atomic mass is 33.1. The fourth-order valence-corrected chi connectivity index (χ4v) is 4.73. The Hall–Kier alpha value is -1.11. The van der Waals surface area contributed by atoms with E-state index < -0.39 is 14.3 Å². The predicted molar refractivity (Wildman–Crippen MR) is 72.8 cm³/mol. The summed E-state index contributed by atoms with van der Waals surface area (Å²) >= 11 is 0. The molecule has 0 radical (unpaired) electrons. The van der Waals surface area contributed by atoms with Crippen molar-refractivity contribution in [2.45, 2.75) is 23.7 Å². The number of para-hydroxylation sites is 1. The SMILES string of the molecule is CCC(O)SS(=O)(=O)c1cccc2cccnc12. The van der Waals surface area contributed by atoms with Gasteiger partial charge in [-0.3, -0.25) is 4.98 Å². The lowest BCUT2D eigenvalue weighted by Crippen LogP contribution is -2.06. The summed E-state index contributed by atoms with van der Waals surface area (Å²) in [6, 6.07) is 8.56. The predicted octanol–water partition coefficient (Wildman–Crippen LogP) is 2.39. The summed E-state index contributed by atoms with van der Waals surface area (Å²) in [6.45, 7) is 1.73. The highest BCUT2D eigenvalue weighted by Crippen LogP contribution is 2.31. The fraction of sp³-hybridized carbons (Fsp3) is 0.250. The van der Waals surface area contributed by atoms with E-state index in [-0.39, 0.29) is 4.90 Å². The average Bonchev–Trinajstić information content (AvgIpc) is 2.37. The molecule has 1 heterocycles. The van der Waals surface area contributed by atoms with Crippen LogP contribution in [-0.2, 0) is 8.87 Å². The molecule has 0 saturated heterocycles. The van der Waals surface area contributed by atoms with Crippen LogP contribution in [0.5, 0.6) is 0 Å². The van der Waals surface area contributed by atoms with Gasteiger partial charge in [0.1, 0.15) is 10.3 Å². The lowest BCUT2D eigenvalue weighted by molar-refractivity contribution is 0.261. The van der Waals surface area contributed by atoms with Crippen LogP contribution in [0.25, 0.3) is 10.9 Å². The van der Waals surface area contributed by atoms with Crippen LogP contribution in [0, 0.1) is 0 Å². The lowest BCUT2D eigenvalue weighted by atomic mass is 10.2. The van der Waals surface area contributed by atoms with Gasteiger partial charge in [-0.05, 0) is 18.6 Å². The van der Waals surface area contributed by atoms with Crippen molar-refractivity contribution in [3.05, 3.63) is 36.5 Å². The molecule has 96 valence electrons. The normalized spacial score (nSPS) is 13.7. The van der Waals surface area contributed by atoms with Gasteiger partial charge in [0.25, 0.3) is 0 Å². The summed E-state index contributed by atoms with van der Waals surface area (Å²) in [5.41, 5.74) is -0.482. The first-order valence-electron chi connectivity index (χ1n) is 5.49. The van der Waals surface area contributed by atoms with E-state index in [1.165, 1.54) is 6.07 Å². The number of aliphatic hydroxyl groups is 1. The second-order valence-electron chi connectivity index (χ2n) is 3.74. The quantitative estimate of drug-likeness (QED) is 0.689. The Kier molecular flexibility index (Phi) is 3.89. The number of pyridine rings is 1. The largest absolute Gasteiger partial charge is 0.381 e. The van der Waals surface area contributed by atoms with Crippen molar-refractivity contribution in [3.8, 4) is 0 Å². The number of nitrogens with zero attached hydrogens (tertiary/aromatic N) is 1. The maximum absolute atomic E-state index is 12.2. The van der Waals surface area contributed by atoms with Gasteiger partial charge >= 0.3 is 0 Å². The summed E-state index contributed by atoms with van der Waals surface area (Å²) in [5.74, 6) is 0. The summed E-state index contributed by atoms with van der Waals surface area (Å²) in [7, 11) is -3.04. The van der Waals surface area contributed by atoms with E-state index in [4.69, 9.17) is 0 Å². The maximum atomic E-state index is 12.2. The lowest BCUT2D eigenvalue weighted by Gasteiger charge is -2.09. The number of hydrogen-bond acceptors (Lipinski definition) is 5. The van der Waals surface area contributed by atoms with Gasteiger partial charge in [0, 0.05) is 22.4 Å². The van der Waals surface area contributed by atoms with Gasteiger partial charge in [-0.1, -0.05) is 25.1 Å². The molecule has 1 aromatic heterocycles. The third-order valence-electron chi connectivity index (χ3n) is 2.45. The fourth-order valence-electron chi connectivity index (χ4n) is 1.54. The van der Waals surface area contributed by atoms with E-state index in [1.807, 2.05) is 12.1 Å². The van der Waals surface area contributed by atoms with Gasteiger partial charge in [-0.25, -0.2) is 8.42 Å². The summed E-state index contributed by atoms with van der Waals surface area (Å²) < 4.78 is 24.4. The van der Waals surface area contributed by atoms with Gasteiger partial charge < -0.3 is 5.11 Å². The first-order chi connectivity index (χ1) is 8.54. The summed E-state index contributed by atoms with van der Waals surface area (Å²) in [6.07, 6.45) is 1.93. The van der Waals surface area contributed by atoms with Crippen molar-refractivity contribution >= 4 is 30.6 Å². The van der Waals surface area contributed by atoms with E-state index in [9.17, 15) is 13.5 Å². The van der Waals surface area contributed by atoms with Crippen molar-refractivity contribution in [2.24, 2.45) is 0 Å². The Balaban J connectivity index is 2.54. The first-order valence-corrected chi connectivity index (χ1v) is 8.37. The van der Waals surface area contributed by atoms with Gasteiger partial charge in [-0.15, -0.1) is 0 Å². The van der Waals surface area contributed by atoms with Crippen molar-refractivity contribution in [3.63, 3.8) is 0 Å². The average molecular weight is 283 g/mol. The molecule has 0 fully saturated rings. The van der Waals surface area contributed by atoms with Crippen LogP contribution < -0.4 is 0 Å². The standard InChI is InChI=1S/C12H13NO3S2/c1-2-11(14)17-18(15,16)10-7-3-5-9-6-4-8-13-12(9)10/h3-8,11,14H,2H2,1H3. The van der Waals surface area contributed by atoms with E-state index in [0.29, 0.717) is 22.7 Å². The van der Waals surface area contributed by atoms with Gasteiger partial charge in [0.05, 0.1) is 5.52 Å². The Bertz CT molecular complexity index is 650. The molecule has 1 atom stereocenters. The zero-order chi connectivity index (χ0) is 13.2. The molecule has 1 unspecified atom stereocenters. The van der Waals surface area contributed by atoms with Gasteiger partial charge in [0.15, 0.2) is 0 Å². The van der Waals surface area contributed by atoms with E-state index in [2.05, 4.69) is 4.98 Å². The molecular weight excluding hydrogens is 270 g/mol. The Morgan fingerprint density at radius 2 is 2.06 bits per heavy atom. The molecule has 18 heavy (non-hydrogen) atoms.